The van der Waals surface area contributed by atoms with Crippen molar-refractivity contribution in [2.75, 3.05) is 0 Å². The van der Waals surface area contributed by atoms with Crippen LogP contribution in [0.1, 0.15) is 75.0 Å². The molecule has 0 nitrogen and oxygen atoms in total. The minimum Gasteiger partial charge on any atom is -0.138 e. The maximum Gasteiger partial charge on any atom is 0.0599 e. The van der Waals surface area contributed by atoms with Gasteiger partial charge in [-0.3, -0.25) is 0 Å². The summed E-state index contributed by atoms with van der Waals surface area (Å²) < 4.78 is 2.52. The lowest BCUT2D eigenvalue weighted by atomic mass is 10.1. The van der Waals surface area contributed by atoms with Gasteiger partial charge in [0.2, 0.25) is 0 Å². The van der Waals surface area contributed by atoms with Crippen LogP contribution in [-0.2, 0) is 12.8 Å². The highest BCUT2D eigenvalue weighted by molar-refractivity contribution is 9.11. The summed E-state index contributed by atoms with van der Waals surface area (Å²) in [5.41, 5.74) is 0. The van der Waals surface area contributed by atoms with Gasteiger partial charge in [-0.2, -0.15) is 0 Å². The zero-order valence-electron chi connectivity index (χ0n) is 14.8. The second-order valence-corrected chi connectivity index (χ2v) is 10.4. The molecule has 2 aromatic heterocycles. The first kappa shape index (κ1) is 20.7. The molecule has 24 heavy (non-hydrogen) atoms. The third-order valence-corrected chi connectivity index (χ3v) is 8.56. The first-order chi connectivity index (χ1) is 11.7. The molecule has 2 rings (SSSR count). The molecule has 2 aromatic rings. The first-order valence-electron chi connectivity index (χ1n) is 9.22. The quantitative estimate of drug-likeness (QED) is 0.274. The molecule has 134 valence electrons. The summed E-state index contributed by atoms with van der Waals surface area (Å²) in [5.74, 6) is 0. The average Bonchev–Trinajstić information content (AvgIpc) is 3.10. The van der Waals surface area contributed by atoms with Crippen LogP contribution in [0.4, 0.5) is 0 Å². The van der Waals surface area contributed by atoms with E-state index in [1.165, 1.54) is 92.7 Å². The van der Waals surface area contributed by atoms with Crippen LogP contribution in [0, 0.1) is 0 Å². The highest BCUT2D eigenvalue weighted by Crippen LogP contribution is 2.45. The Morgan fingerprint density at radius 1 is 0.667 bits per heavy atom. The first-order valence-corrected chi connectivity index (χ1v) is 12.4. The Labute approximate surface area is 172 Å². The van der Waals surface area contributed by atoms with E-state index < -0.39 is 0 Å². The number of thiophene rings is 2. The number of hydrogen-bond donors (Lipinski definition) is 0. The summed E-state index contributed by atoms with van der Waals surface area (Å²) in [4.78, 5) is 5.82. The summed E-state index contributed by atoms with van der Waals surface area (Å²) >= 11 is 11.5. The zero-order chi connectivity index (χ0) is 17.4. The molecule has 0 saturated carbocycles. The molecule has 0 N–H and O–H groups in total. The smallest absolute Gasteiger partial charge is 0.0599 e. The van der Waals surface area contributed by atoms with Crippen LogP contribution in [0.2, 0.25) is 0 Å². The summed E-state index contributed by atoms with van der Waals surface area (Å²) in [6.45, 7) is 4.54. The maximum atomic E-state index is 3.79. The van der Waals surface area contributed by atoms with Crippen LogP contribution in [0.25, 0.3) is 9.75 Å². The molecule has 0 fully saturated rings. The van der Waals surface area contributed by atoms with Crippen LogP contribution in [0.3, 0.4) is 0 Å². The van der Waals surface area contributed by atoms with Gasteiger partial charge in [0, 0.05) is 18.7 Å². The Morgan fingerprint density at radius 2 is 1.08 bits per heavy atom. The van der Waals surface area contributed by atoms with Gasteiger partial charge in [0.05, 0.1) is 9.75 Å². The Kier molecular flexibility index (Phi) is 9.61. The number of aryl methyl sites for hydroxylation is 2. The van der Waals surface area contributed by atoms with Crippen LogP contribution < -0.4 is 0 Å². The van der Waals surface area contributed by atoms with E-state index in [-0.39, 0.29) is 0 Å². The molecule has 0 spiro atoms. The predicted molar refractivity (Wildman–Crippen MR) is 119 cm³/mol. The number of hydrogen-bond acceptors (Lipinski definition) is 2. The minimum atomic E-state index is 1.22. The summed E-state index contributed by atoms with van der Waals surface area (Å²) in [7, 11) is 0. The molecule has 0 aliphatic carbocycles. The molecule has 4 heteroatoms. The maximum absolute atomic E-state index is 3.79. The summed E-state index contributed by atoms with van der Waals surface area (Å²) in [6.07, 6.45) is 13.1. The molecule has 0 aliphatic rings. The van der Waals surface area contributed by atoms with Gasteiger partial charge in [0.1, 0.15) is 0 Å². The van der Waals surface area contributed by atoms with Crippen molar-refractivity contribution in [3.63, 3.8) is 0 Å². The van der Waals surface area contributed by atoms with Crippen molar-refractivity contribution in [2.24, 2.45) is 0 Å². The van der Waals surface area contributed by atoms with Crippen molar-refractivity contribution in [3.8, 4) is 9.75 Å². The van der Waals surface area contributed by atoms with Crippen molar-refractivity contribution >= 4 is 54.5 Å². The van der Waals surface area contributed by atoms with E-state index in [1.807, 2.05) is 22.7 Å². The molecule has 0 saturated heterocycles. The molecule has 0 radical (unpaired) electrons. The standard InChI is InChI=1S/C20H28Br2S2/c1-3-5-7-9-11-15-13-17(21)19(23-15)20-18(22)14-16(24-20)12-10-8-6-4-2/h13-14H,3-12H2,1-2H3. The van der Waals surface area contributed by atoms with Crippen LogP contribution in [0.5, 0.6) is 0 Å². The van der Waals surface area contributed by atoms with Gasteiger partial charge >= 0.3 is 0 Å². The molecule has 2 heterocycles. The van der Waals surface area contributed by atoms with E-state index in [4.69, 9.17) is 0 Å². The predicted octanol–water partition coefficient (Wildman–Crippen LogP) is 9.25. The van der Waals surface area contributed by atoms with Crippen molar-refractivity contribution in [1.82, 2.24) is 0 Å². The Morgan fingerprint density at radius 3 is 1.46 bits per heavy atom. The van der Waals surface area contributed by atoms with Crippen molar-refractivity contribution in [1.29, 1.82) is 0 Å². The number of unbranched alkanes of at least 4 members (excludes halogenated alkanes) is 6. The third kappa shape index (κ3) is 6.26. The molecular formula is C20H28Br2S2. The highest BCUT2D eigenvalue weighted by Gasteiger charge is 2.15. The van der Waals surface area contributed by atoms with E-state index in [0.29, 0.717) is 0 Å². The molecular weight excluding hydrogens is 464 g/mol. The Bertz CT molecular complexity index is 559. The van der Waals surface area contributed by atoms with E-state index in [9.17, 15) is 0 Å². The molecule has 0 aliphatic heterocycles. The normalized spacial score (nSPS) is 11.3. The molecule has 0 aromatic carbocycles. The van der Waals surface area contributed by atoms with E-state index in [1.54, 1.807) is 0 Å². The highest BCUT2D eigenvalue weighted by atomic mass is 79.9. The fourth-order valence-electron chi connectivity index (χ4n) is 2.84. The van der Waals surface area contributed by atoms with E-state index in [2.05, 4.69) is 57.8 Å². The average molecular weight is 492 g/mol. The van der Waals surface area contributed by atoms with Gasteiger partial charge < -0.3 is 0 Å². The van der Waals surface area contributed by atoms with Gasteiger partial charge in [-0.05, 0) is 69.7 Å². The van der Waals surface area contributed by atoms with Gasteiger partial charge in [-0.25, -0.2) is 0 Å². The monoisotopic (exact) mass is 490 g/mol. The van der Waals surface area contributed by atoms with E-state index in [0.717, 1.165) is 0 Å². The zero-order valence-corrected chi connectivity index (χ0v) is 19.6. The number of rotatable bonds is 11. The summed E-state index contributed by atoms with van der Waals surface area (Å²) in [5, 5.41) is 0. The second-order valence-electron chi connectivity index (χ2n) is 6.40. The molecule has 0 bridgehead atoms. The topological polar surface area (TPSA) is 0 Å². The van der Waals surface area contributed by atoms with Gasteiger partial charge in [0.25, 0.3) is 0 Å². The largest absolute Gasteiger partial charge is 0.138 e. The van der Waals surface area contributed by atoms with Gasteiger partial charge in [0.15, 0.2) is 0 Å². The van der Waals surface area contributed by atoms with Crippen LogP contribution in [-0.4, -0.2) is 0 Å². The minimum absolute atomic E-state index is 1.22. The Hall–Kier alpha value is 0.360. The lowest BCUT2D eigenvalue weighted by molar-refractivity contribution is 0.670. The Balaban J connectivity index is 2.00. The van der Waals surface area contributed by atoms with Crippen molar-refractivity contribution in [3.05, 3.63) is 30.8 Å². The second kappa shape index (κ2) is 11.2. The number of halogens is 2. The molecule has 0 unspecified atom stereocenters. The van der Waals surface area contributed by atoms with E-state index >= 15 is 0 Å². The van der Waals surface area contributed by atoms with Crippen molar-refractivity contribution < 1.29 is 0 Å². The van der Waals surface area contributed by atoms with Crippen molar-refractivity contribution in [2.45, 2.75) is 78.1 Å². The lowest BCUT2D eigenvalue weighted by Crippen LogP contribution is -1.80. The lowest BCUT2D eigenvalue weighted by Gasteiger charge is -1.98. The van der Waals surface area contributed by atoms with Gasteiger partial charge in [-0.15, -0.1) is 22.7 Å². The van der Waals surface area contributed by atoms with Gasteiger partial charge in [-0.1, -0.05) is 52.4 Å². The molecule has 0 amide bonds. The van der Waals surface area contributed by atoms with Crippen LogP contribution >= 0.6 is 54.5 Å². The fraction of sp³-hybridized carbons (Fsp3) is 0.600. The third-order valence-electron chi connectivity index (χ3n) is 4.24. The molecule has 0 atom stereocenters. The van der Waals surface area contributed by atoms with Crippen LogP contribution in [0.15, 0.2) is 21.1 Å². The summed E-state index contributed by atoms with van der Waals surface area (Å²) in [6, 6.07) is 4.66. The SMILES string of the molecule is CCCCCCc1cc(Br)c(-c2sc(CCCCCC)cc2Br)s1. The fourth-order valence-corrected chi connectivity index (χ4v) is 7.18.